The van der Waals surface area contributed by atoms with Crippen molar-refractivity contribution in [3.05, 3.63) is 24.3 Å². The number of esters is 1. The molecular weight excluding hydrogens is 460 g/mol. The van der Waals surface area contributed by atoms with E-state index in [1.165, 1.54) is 116 Å². The van der Waals surface area contributed by atoms with E-state index in [2.05, 4.69) is 38.2 Å². The van der Waals surface area contributed by atoms with E-state index in [-0.39, 0.29) is 12.6 Å². The number of hydrogen-bond donors (Lipinski definition) is 1. The van der Waals surface area contributed by atoms with Crippen LogP contribution in [0.5, 0.6) is 0 Å². The van der Waals surface area contributed by atoms with E-state index in [4.69, 9.17) is 9.47 Å². The van der Waals surface area contributed by atoms with Gasteiger partial charge in [-0.25, -0.2) is 0 Å². The smallest absolute Gasteiger partial charge is 0.306 e. The predicted molar refractivity (Wildman–Crippen MR) is 159 cm³/mol. The van der Waals surface area contributed by atoms with Gasteiger partial charge in [0.25, 0.3) is 0 Å². The van der Waals surface area contributed by atoms with Gasteiger partial charge in [0, 0.05) is 13.0 Å². The molecule has 0 radical (unpaired) electrons. The molecule has 218 valence electrons. The van der Waals surface area contributed by atoms with Crippen molar-refractivity contribution in [3.63, 3.8) is 0 Å². The van der Waals surface area contributed by atoms with Gasteiger partial charge in [0.1, 0.15) is 6.10 Å². The Labute approximate surface area is 230 Å². The van der Waals surface area contributed by atoms with Crippen molar-refractivity contribution in [2.45, 2.75) is 161 Å². The summed E-state index contributed by atoms with van der Waals surface area (Å²) in [6.07, 6.45) is 34.9. The maximum Gasteiger partial charge on any atom is 0.306 e. The molecule has 0 heterocycles. The molecule has 0 rings (SSSR count). The first kappa shape index (κ1) is 35.9. The molecular formula is C33H62O4. The Bertz CT molecular complexity index is 514. The second kappa shape index (κ2) is 31.1. The standard InChI is InChI=1S/C33H62O4/c1-3-5-7-9-11-13-15-16-17-18-20-22-24-26-28-33(35)37-32(30-34)31-36-29-27-25-23-21-19-14-12-10-8-6-4-2/h8,10,15-16,32,34H,3-7,9,11-14,17-31H2,1-2H3/b10-8-,16-15-. The SMILES string of the molecule is CCC/C=C\CCCCCCCCOCC(CO)OC(=O)CCCCCCC/C=C\CCCCCCC. The third-order valence-electron chi connectivity index (χ3n) is 6.73. The first-order valence-corrected chi connectivity index (χ1v) is 15.9. The summed E-state index contributed by atoms with van der Waals surface area (Å²) in [6, 6.07) is 0. The topological polar surface area (TPSA) is 55.8 Å². The van der Waals surface area contributed by atoms with Gasteiger partial charge in [0.05, 0.1) is 13.2 Å². The van der Waals surface area contributed by atoms with Crippen molar-refractivity contribution in [2.24, 2.45) is 0 Å². The van der Waals surface area contributed by atoms with Crippen molar-refractivity contribution in [1.82, 2.24) is 0 Å². The van der Waals surface area contributed by atoms with Crippen LogP contribution in [-0.2, 0) is 14.3 Å². The highest BCUT2D eigenvalue weighted by atomic mass is 16.6. The molecule has 0 aliphatic rings. The highest BCUT2D eigenvalue weighted by Crippen LogP contribution is 2.11. The Morgan fingerprint density at radius 2 is 1.11 bits per heavy atom. The zero-order valence-corrected chi connectivity index (χ0v) is 24.7. The maximum absolute atomic E-state index is 12.1. The molecule has 0 aromatic carbocycles. The molecule has 0 bridgehead atoms. The summed E-state index contributed by atoms with van der Waals surface area (Å²) in [7, 11) is 0. The van der Waals surface area contributed by atoms with Crippen LogP contribution >= 0.6 is 0 Å². The van der Waals surface area contributed by atoms with E-state index in [0.717, 1.165) is 19.3 Å². The summed E-state index contributed by atoms with van der Waals surface area (Å²) in [5.74, 6) is -0.214. The molecule has 0 aromatic heterocycles. The van der Waals surface area contributed by atoms with Crippen LogP contribution in [0.1, 0.15) is 155 Å². The number of hydrogen-bond acceptors (Lipinski definition) is 4. The molecule has 0 amide bonds. The van der Waals surface area contributed by atoms with Crippen molar-refractivity contribution < 1.29 is 19.4 Å². The molecule has 37 heavy (non-hydrogen) atoms. The molecule has 0 aliphatic heterocycles. The van der Waals surface area contributed by atoms with Gasteiger partial charge in [-0.3, -0.25) is 4.79 Å². The van der Waals surface area contributed by atoms with Crippen molar-refractivity contribution in [2.75, 3.05) is 19.8 Å². The van der Waals surface area contributed by atoms with E-state index >= 15 is 0 Å². The van der Waals surface area contributed by atoms with Crippen LogP contribution in [0.15, 0.2) is 24.3 Å². The first-order chi connectivity index (χ1) is 18.2. The molecule has 0 spiro atoms. The van der Waals surface area contributed by atoms with Gasteiger partial charge >= 0.3 is 5.97 Å². The predicted octanol–water partition coefficient (Wildman–Crippen LogP) is 9.64. The fourth-order valence-corrected chi connectivity index (χ4v) is 4.32. The molecule has 1 N–H and O–H groups in total. The van der Waals surface area contributed by atoms with Gasteiger partial charge < -0.3 is 14.6 Å². The number of allylic oxidation sites excluding steroid dienone is 4. The van der Waals surface area contributed by atoms with Crippen LogP contribution in [0.2, 0.25) is 0 Å². The summed E-state index contributed by atoms with van der Waals surface area (Å²) in [5, 5.41) is 9.49. The van der Waals surface area contributed by atoms with E-state index in [0.29, 0.717) is 19.6 Å². The van der Waals surface area contributed by atoms with Crippen molar-refractivity contribution in [3.8, 4) is 0 Å². The van der Waals surface area contributed by atoms with E-state index in [1.807, 2.05) is 0 Å². The molecule has 0 saturated heterocycles. The number of carbonyl (C=O) groups is 1. The molecule has 4 nitrogen and oxygen atoms in total. The van der Waals surface area contributed by atoms with E-state index < -0.39 is 6.10 Å². The fraction of sp³-hybridized carbons (Fsp3) is 0.848. The lowest BCUT2D eigenvalue weighted by Crippen LogP contribution is -2.27. The number of ether oxygens (including phenoxy) is 2. The zero-order chi connectivity index (χ0) is 27.1. The molecule has 0 aliphatic carbocycles. The lowest BCUT2D eigenvalue weighted by atomic mass is 10.1. The molecule has 4 heteroatoms. The number of carbonyl (C=O) groups excluding carboxylic acids is 1. The third-order valence-corrected chi connectivity index (χ3v) is 6.73. The minimum absolute atomic E-state index is 0.176. The monoisotopic (exact) mass is 522 g/mol. The van der Waals surface area contributed by atoms with E-state index in [9.17, 15) is 9.90 Å². The second-order valence-electron chi connectivity index (χ2n) is 10.5. The highest BCUT2D eigenvalue weighted by Gasteiger charge is 2.13. The third kappa shape index (κ3) is 29.3. The highest BCUT2D eigenvalue weighted by molar-refractivity contribution is 5.69. The Kier molecular flexibility index (Phi) is 30.1. The minimum atomic E-state index is -0.535. The molecule has 0 aromatic rings. The first-order valence-electron chi connectivity index (χ1n) is 15.9. The average molecular weight is 523 g/mol. The number of aliphatic hydroxyl groups excluding tert-OH is 1. The van der Waals surface area contributed by atoms with Gasteiger partial charge in [-0.2, -0.15) is 0 Å². The van der Waals surface area contributed by atoms with Crippen molar-refractivity contribution >= 4 is 5.97 Å². The second-order valence-corrected chi connectivity index (χ2v) is 10.5. The van der Waals surface area contributed by atoms with Gasteiger partial charge in [0.2, 0.25) is 0 Å². The Morgan fingerprint density at radius 1 is 0.622 bits per heavy atom. The minimum Gasteiger partial charge on any atom is -0.457 e. The zero-order valence-electron chi connectivity index (χ0n) is 24.7. The van der Waals surface area contributed by atoms with Gasteiger partial charge in [-0.15, -0.1) is 0 Å². The number of unbranched alkanes of at least 4 members (excludes halogenated alkanes) is 17. The van der Waals surface area contributed by atoms with Crippen LogP contribution in [0.25, 0.3) is 0 Å². The van der Waals surface area contributed by atoms with Crippen LogP contribution in [0.3, 0.4) is 0 Å². The molecule has 0 saturated carbocycles. The Morgan fingerprint density at radius 3 is 1.65 bits per heavy atom. The van der Waals surface area contributed by atoms with Crippen LogP contribution in [0, 0.1) is 0 Å². The summed E-state index contributed by atoms with van der Waals surface area (Å²) in [5.41, 5.74) is 0. The molecule has 1 unspecified atom stereocenters. The fourth-order valence-electron chi connectivity index (χ4n) is 4.32. The van der Waals surface area contributed by atoms with E-state index in [1.54, 1.807) is 0 Å². The lowest BCUT2D eigenvalue weighted by Gasteiger charge is -2.15. The van der Waals surface area contributed by atoms with Gasteiger partial charge in [0.15, 0.2) is 0 Å². The van der Waals surface area contributed by atoms with Crippen LogP contribution in [-0.4, -0.2) is 37.0 Å². The van der Waals surface area contributed by atoms with Crippen molar-refractivity contribution in [1.29, 1.82) is 0 Å². The number of rotatable bonds is 29. The summed E-state index contributed by atoms with van der Waals surface area (Å²) in [4.78, 5) is 12.1. The maximum atomic E-state index is 12.1. The molecule has 1 atom stereocenters. The van der Waals surface area contributed by atoms with Crippen LogP contribution in [0.4, 0.5) is 0 Å². The largest absolute Gasteiger partial charge is 0.457 e. The Hall–Kier alpha value is -1.13. The summed E-state index contributed by atoms with van der Waals surface area (Å²) < 4.78 is 11.0. The molecule has 0 fully saturated rings. The quantitative estimate of drug-likeness (QED) is 0.0603. The summed E-state index contributed by atoms with van der Waals surface area (Å²) in [6.45, 7) is 5.25. The van der Waals surface area contributed by atoms with Crippen LogP contribution < -0.4 is 0 Å². The number of aliphatic hydroxyl groups is 1. The summed E-state index contributed by atoms with van der Waals surface area (Å²) >= 11 is 0. The van der Waals surface area contributed by atoms with Gasteiger partial charge in [-0.05, 0) is 57.8 Å². The van der Waals surface area contributed by atoms with Gasteiger partial charge in [-0.1, -0.05) is 115 Å². The average Bonchev–Trinajstić information content (AvgIpc) is 2.90. The lowest BCUT2D eigenvalue weighted by molar-refractivity contribution is -0.154. The normalized spacial score (nSPS) is 12.6. The Balaban J connectivity index is 3.48.